The highest BCUT2D eigenvalue weighted by atomic mass is 79.9. The van der Waals surface area contributed by atoms with Crippen LogP contribution in [0.3, 0.4) is 0 Å². The molecule has 0 aliphatic heterocycles. The first-order valence-electron chi connectivity index (χ1n) is 7.24. The molecule has 1 aromatic heterocycles. The van der Waals surface area contributed by atoms with E-state index in [1.165, 1.54) is 24.2 Å². The zero-order valence-electron chi connectivity index (χ0n) is 12.0. The van der Waals surface area contributed by atoms with E-state index in [0.717, 1.165) is 28.8 Å². The molecule has 3 rings (SSSR count). The first kappa shape index (κ1) is 14.3. The Kier molecular flexibility index (Phi) is 4.10. The van der Waals surface area contributed by atoms with Crippen molar-refractivity contribution in [1.29, 1.82) is 0 Å². The minimum absolute atomic E-state index is 0.0121. The van der Waals surface area contributed by atoms with E-state index in [9.17, 15) is 4.79 Å². The molecule has 0 spiro atoms. The van der Waals surface area contributed by atoms with E-state index in [-0.39, 0.29) is 5.91 Å². The fraction of sp³-hybridized carbons (Fsp3) is 0.375. The third-order valence-corrected chi connectivity index (χ3v) is 4.33. The van der Waals surface area contributed by atoms with E-state index in [4.69, 9.17) is 0 Å². The van der Waals surface area contributed by atoms with Gasteiger partial charge in [-0.05, 0) is 50.8 Å². The molecule has 110 valence electrons. The number of carbonyl (C=O) groups excluding carboxylic acids is 1. The summed E-state index contributed by atoms with van der Waals surface area (Å²) in [7, 11) is 0. The lowest BCUT2D eigenvalue weighted by atomic mass is 10.0. The summed E-state index contributed by atoms with van der Waals surface area (Å²) in [6.45, 7) is 2.31. The number of amides is 1. The Morgan fingerprint density at radius 3 is 3.00 bits per heavy atom. The fourth-order valence-electron chi connectivity index (χ4n) is 2.86. The average Bonchev–Trinajstić information content (AvgIpc) is 2.75. The second-order valence-electron chi connectivity index (χ2n) is 5.40. The maximum atomic E-state index is 12.3. The number of anilines is 1. The van der Waals surface area contributed by atoms with Crippen LogP contribution in [0.25, 0.3) is 0 Å². The monoisotopic (exact) mass is 347 g/mol. The summed E-state index contributed by atoms with van der Waals surface area (Å²) in [6.07, 6.45) is 4.45. The molecule has 0 fully saturated rings. The summed E-state index contributed by atoms with van der Waals surface area (Å²) in [5.41, 5.74) is 3.22. The number of aromatic nitrogens is 2. The van der Waals surface area contributed by atoms with Crippen LogP contribution in [0.15, 0.2) is 28.7 Å². The van der Waals surface area contributed by atoms with Gasteiger partial charge in [-0.2, -0.15) is 0 Å². The lowest BCUT2D eigenvalue weighted by Gasteiger charge is -2.14. The molecular formula is C16H18BrN3O. The Labute approximate surface area is 132 Å². The maximum absolute atomic E-state index is 12.3. The van der Waals surface area contributed by atoms with E-state index in [0.29, 0.717) is 6.54 Å². The van der Waals surface area contributed by atoms with E-state index < -0.39 is 0 Å². The third kappa shape index (κ3) is 3.18. The number of nitrogens with one attached hydrogen (secondary N) is 1. The zero-order chi connectivity index (χ0) is 14.8. The van der Waals surface area contributed by atoms with Gasteiger partial charge in [0.1, 0.15) is 12.4 Å². The molecule has 1 N–H and O–H groups in total. The van der Waals surface area contributed by atoms with Crippen molar-refractivity contribution in [3.8, 4) is 0 Å². The van der Waals surface area contributed by atoms with Gasteiger partial charge in [0.05, 0.1) is 5.69 Å². The van der Waals surface area contributed by atoms with E-state index in [1.54, 1.807) is 0 Å². The number of hydrogen-bond acceptors (Lipinski definition) is 2. The fourth-order valence-corrected chi connectivity index (χ4v) is 3.26. The second kappa shape index (κ2) is 6.02. The Morgan fingerprint density at radius 1 is 1.38 bits per heavy atom. The highest BCUT2D eigenvalue weighted by molar-refractivity contribution is 9.10. The highest BCUT2D eigenvalue weighted by Crippen LogP contribution is 2.22. The smallest absolute Gasteiger partial charge is 0.244 e. The number of aryl methyl sites for hydroxylation is 2. The van der Waals surface area contributed by atoms with Crippen LogP contribution in [0.5, 0.6) is 0 Å². The first-order chi connectivity index (χ1) is 10.1. The van der Waals surface area contributed by atoms with Crippen LogP contribution in [0, 0.1) is 6.92 Å². The van der Waals surface area contributed by atoms with Gasteiger partial charge in [0, 0.05) is 15.9 Å². The Balaban J connectivity index is 1.74. The van der Waals surface area contributed by atoms with Crippen molar-refractivity contribution in [3.05, 3.63) is 46.0 Å². The Bertz CT molecular complexity index is 678. The minimum Gasteiger partial charge on any atom is -0.324 e. The SMILES string of the molecule is Cc1nc2c(n1CC(=O)Nc1cccc(Br)c1)CCCC2. The molecule has 0 bridgehead atoms. The molecule has 5 heteroatoms. The summed E-state index contributed by atoms with van der Waals surface area (Å²) in [5, 5.41) is 2.94. The van der Waals surface area contributed by atoms with Crippen LogP contribution in [0.4, 0.5) is 5.69 Å². The topological polar surface area (TPSA) is 46.9 Å². The van der Waals surface area contributed by atoms with Crippen LogP contribution in [-0.4, -0.2) is 15.5 Å². The normalized spacial score (nSPS) is 13.8. The van der Waals surface area contributed by atoms with Gasteiger partial charge in [-0.3, -0.25) is 4.79 Å². The zero-order valence-corrected chi connectivity index (χ0v) is 13.6. The second-order valence-corrected chi connectivity index (χ2v) is 6.32. The maximum Gasteiger partial charge on any atom is 0.244 e. The minimum atomic E-state index is -0.0121. The van der Waals surface area contributed by atoms with Crippen molar-refractivity contribution in [2.45, 2.75) is 39.2 Å². The molecular weight excluding hydrogens is 330 g/mol. The van der Waals surface area contributed by atoms with Crippen molar-refractivity contribution < 1.29 is 4.79 Å². The number of benzene rings is 1. The molecule has 0 radical (unpaired) electrons. The molecule has 1 aliphatic carbocycles. The van der Waals surface area contributed by atoms with Gasteiger partial charge in [-0.1, -0.05) is 22.0 Å². The molecule has 1 heterocycles. The predicted octanol–water partition coefficient (Wildman–Crippen LogP) is 3.47. The van der Waals surface area contributed by atoms with Crippen molar-refractivity contribution in [1.82, 2.24) is 9.55 Å². The average molecular weight is 348 g/mol. The number of hydrogen-bond donors (Lipinski definition) is 1. The van der Waals surface area contributed by atoms with Crippen LogP contribution in [0.1, 0.15) is 30.1 Å². The van der Waals surface area contributed by atoms with Crippen molar-refractivity contribution in [2.24, 2.45) is 0 Å². The van der Waals surface area contributed by atoms with Crippen LogP contribution in [-0.2, 0) is 24.2 Å². The predicted molar refractivity (Wildman–Crippen MR) is 86.4 cm³/mol. The molecule has 0 saturated heterocycles. The van der Waals surface area contributed by atoms with Crippen LogP contribution >= 0.6 is 15.9 Å². The molecule has 21 heavy (non-hydrogen) atoms. The molecule has 0 atom stereocenters. The molecule has 4 nitrogen and oxygen atoms in total. The van der Waals surface area contributed by atoms with Gasteiger partial charge in [-0.25, -0.2) is 4.98 Å². The molecule has 0 saturated carbocycles. The quantitative estimate of drug-likeness (QED) is 0.923. The van der Waals surface area contributed by atoms with Gasteiger partial charge in [0.25, 0.3) is 0 Å². The summed E-state index contributed by atoms with van der Waals surface area (Å²) in [6, 6.07) is 7.63. The van der Waals surface area contributed by atoms with Crippen molar-refractivity contribution in [3.63, 3.8) is 0 Å². The molecule has 1 aliphatic rings. The van der Waals surface area contributed by atoms with E-state index >= 15 is 0 Å². The number of halogens is 1. The molecule has 1 aromatic carbocycles. The van der Waals surface area contributed by atoms with Crippen molar-refractivity contribution >= 4 is 27.5 Å². The Hall–Kier alpha value is -1.62. The largest absolute Gasteiger partial charge is 0.324 e. The van der Waals surface area contributed by atoms with Gasteiger partial charge in [0.15, 0.2) is 0 Å². The lowest BCUT2D eigenvalue weighted by molar-refractivity contribution is -0.116. The van der Waals surface area contributed by atoms with Gasteiger partial charge in [-0.15, -0.1) is 0 Å². The number of nitrogens with zero attached hydrogens (tertiary/aromatic N) is 2. The van der Waals surface area contributed by atoms with Crippen LogP contribution < -0.4 is 5.32 Å². The third-order valence-electron chi connectivity index (χ3n) is 3.83. The lowest BCUT2D eigenvalue weighted by Crippen LogP contribution is -2.21. The molecule has 2 aromatic rings. The van der Waals surface area contributed by atoms with Gasteiger partial charge >= 0.3 is 0 Å². The van der Waals surface area contributed by atoms with Gasteiger partial charge in [0.2, 0.25) is 5.91 Å². The van der Waals surface area contributed by atoms with E-state index in [2.05, 4.69) is 30.8 Å². The number of imidazole rings is 1. The molecule has 0 unspecified atom stereocenters. The summed E-state index contributed by atoms with van der Waals surface area (Å²) in [5.74, 6) is 0.924. The summed E-state index contributed by atoms with van der Waals surface area (Å²) < 4.78 is 3.01. The Morgan fingerprint density at radius 2 is 2.19 bits per heavy atom. The number of carbonyl (C=O) groups is 1. The van der Waals surface area contributed by atoms with Gasteiger partial charge < -0.3 is 9.88 Å². The van der Waals surface area contributed by atoms with E-state index in [1.807, 2.05) is 31.2 Å². The molecule has 1 amide bonds. The standard InChI is InChI=1S/C16H18BrN3O/c1-11-18-14-7-2-3-8-15(14)20(11)10-16(21)19-13-6-4-5-12(17)9-13/h4-6,9H,2-3,7-8,10H2,1H3,(H,19,21). The van der Waals surface area contributed by atoms with Crippen LogP contribution in [0.2, 0.25) is 0 Å². The number of fused-ring (bicyclic) bond motifs is 1. The first-order valence-corrected chi connectivity index (χ1v) is 8.03. The summed E-state index contributed by atoms with van der Waals surface area (Å²) >= 11 is 3.41. The highest BCUT2D eigenvalue weighted by Gasteiger charge is 2.19. The summed E-state index contributed by atoms with van der Waals surface area (Å²) in [4.78, 5) is 16.9. The number of rotatable bonds is 3. The van der Waals surface area contributed by atoms with Crippen molar-refractivity contribution in [2.75, 3.05) is 5.32 Å².